The Morgan fingerprint density at radius 2 is 1.81 bits per heavy atom. The van der Waals surface area contributed by atoms with Crippen molar-refractivity contribution in [2.75, 3.05) is 5.32 Å². The molecule has 2 heterocycles. The molecule has 0 radical (unpaired) electrons. The van der Waals surface area contributed by atoms with Crippen LogP contribution in [0.25, 0.3) is 22.3 Å². The van der Waals surface area contributed by atoms with Gasteiger partial charge in [-0.05, 0) is 28.8 Å². The zero-order valence-electron chi connectivity index (χ0n) is 13.8. The summed E-state index contributed by atoms with van der Waals surface area (Å²) in [5, 5.41) is 5.03. The molecule has 0 aliphatic rings. The van der Waals surface area contributed by atoms with Crippen molar-refractivity contribution in [3.8, 4) is 11.3 Å². The number of hydrogen-bond acceptors (Lipinski definition) is 3. The number of halogens is 2. The van der Waals surface area contributed by atoms with E-state index >= 15 is 0 Å². The van der Waals surface area contributed by atoms with Gasteiger partial charge < -0.3 is 10.3 Å². The summed E-state index contributed by atoms with van der Waals surface area (Å²) in [4.78, 5) is 12.1. The summed E-state index contributed by atoms with van der Waals surface area (Å²) in [7, 11) is 0. The fraction of sp³-hybridized carbons (Fsp3) is 0.100. The maximum Gasteiger partial charge on any atom is 0.143 e. The molecule has 0 amide bonds. The largest absolute Gasteiger partial charge is 0.365 e. The van der Waals surface area contributed by atoms with Gasteiger partial charge in [0.05, 0.1) is 5.39 Å². The minimum absolute atomic E-state index is 0.509. The number of anilines is 1. The highest BCUT2D eigenvalue weighted by Gasteiger charge is 2.10. The third kappa shape index (κ3) is 3.39. The van der Waals surface area contributed by atoms with Gasteiger partial charge in [-0.2, -0.15) is 0 Å². The second kappa shape index (κ2) is 7.36. The fourth-order valence-electron chi connectivity index (χ4n) is 2.83. The first-order valence-electron chi connectivity index (χ1n) is 8.21. The predicted molar refractivity (Wildman–Crippen MR) is 108 cm³/mol. The van der Waals surface area contributed by atoms with Crippen molar-refractivity contribution in [3.05, 3.63) is 77.1 Å². The predicted octanol–water partition coefficient (Wildman–Crippen LogP) is 5.63. The third-order valence-electron chi connectivity index (χ3n) is 4.25. The lowest BCUT2D eigenvalue weighted by molar-refractivity contribution is 1.10. The molecule has 6 heteroatoms. The van der Waals surface area contributed by atoms with E-state index in [4.69, 9.17) is 23.2 Å². The number of alkyl halides is 1. The van der Waals surface area contributed by atoms with Crippen LogP contribution in [-0.2, 0) is 12.4 Å². The Balaban J connectivity index is 1.64. The zero-order chi connectivity index (χ0) is 17.9. The summed E-state index contributed by atoms with van der Waals surface area (Å²) in [6.45, 7) is 0.594. The molecular weight excluding hydrogens is 367 g/mol. The Labute approximate surface area is 161 Å². The van der Waals surface area contributed by atoms with Crippen LogP contribution in [0.15, 0.2) is 60.9 Å². The maximum absolute atomic E-state index is 6.23. The lowest BCUT2D eigenvalue weighted by atomic mass is 10.1. The average molecular weight is 383 g/mol. The van der Waals surface area contributed by atoms with Crippen molar-refractivity contribution in [3.63, 3.8) is 0 Å². The molecule has 130 valence electrons. The topological polar surface area (TPSA) is 53.6 Å². The Bertz CT molecular complexity index is 1040. The Morgan fingerprint density at radius 1 is 1.00 bits per heavy atom. The molecule has 2 N–H and O–H groups in total. The van der Waals surface area contributed by atoms with Gasteiger partial charge in [0, 0.05) is 23.1 Å². The summed E-state index contributed by atoms with van der Waals surface area (Å²) in [6, 6.07) is 18.0. The maximum atomic E-state index is 6.23. The van der Waals surface area contributed by atoms with E-state index in [1.54, 1.807) is 6.33 Å². The van der Waals surface area contributed by atoms with Crippen LogP contribution in [0.1, 0.15) is 11.1 Å². The standard InChI is InChI=1S/C20H16Cl2N4/c21-10-13-5-7-14(8-6-13)18-9-16-19(24-12-25-20(16)26-18)23-11-15-3-1-2-4-17(15)22/h1-9,12H,10-11H2,(H2,23,24,25,26). The van der Waals surface area contributed by atoms with Crippen LogP contribution in [0.4, 0.5) is 5.82 Å². The first kappa shape index (κ1) is 16.9. The molecule has 0 saturated carbocycles. The van der Waals surface area contributed by atoms with Crippen LogP contribution in [0, 0.1) is 0 Å². The quantitative estimate of drug-likeness (QED) is 0.439. The van der Waals surface area contributed by atoms with Crippen LogP contribution in [0.2, 0.25) is 5.02 Å². The number of fused-ring (bicyclic) bond motifs is 1. The minimum atomic E-state index is 0.509. The highest BCUT2D eigenvalue weighted by atomic mass is 35.5. The van der Waals surface area contributed by atoms with E-state index in [2.05, 4.69) is 26.3 Å². The molecule has 0 spiro atoms. The third-order valence-corrected chi connectivity index (χ3v) is 4.93. The highest BCUT2D eigenvalue weighted by molar-refractivity contribution is 6.31. The summed E-state index contributed by atoms with van der Waals surface area (Å²) in [5.74, 6) is 1.28. The molecule has 0 fully saturated rings. The zero-order valence-corrected chi connectivity index (χ0v) is 15.3. The summed E-state index contributed by atoms with van der Waals surface area (Å²) in [6.07, 6.45) is 1.55. The van der Waals surface area contributed by atoms with Gasteiger partial charge in [-0.25, -0.2) is 9.97 Å². The van der Waals surface area contributed by atoms with Crippen molar-refractivity contribution in [2.24, 2.45) is 0 Å². The molecular formula is C20H16Cl2N4. The smallest absolute Gasteiger partial charge is 0.143 e. The molecule has 0 aliphatic heterocycles. The number of benzene rings is 2. The number of rotatable bonds is 5. The normalized spacial score (nSPS) is 11.0. The van der Waals surface area contributed by atoms with E-state index in [9.17, 15) is 0 Å². The van der Waals surface area contributed by atoms with Crippen molar-refractivity contribution in [1.82, 2.24) is 15.0 Å². The van der Waals surface area contributed by atoms with E-state index in [1.807, 2.05) is 48.5 Å². The van der Waals surface area contributed by atoms with Gasteiger partial charge in [0.25, 0.3) is 0 Å². The SMILES string of the molecule is ClCc1ccc(-c2cc3c(NCc4ccccc4Cl)ncnc3[nH]2)cc1. The number of nitrogens with zero attached hydrogens (tertiary/aromatic N) is 2. The summed E-state index contributed by atoms with van der Waals surface area (Å²) in [5.41, 5.74) is 4.97. The molecule has 4 nitrogen and oxygen atoms in total. The molecule has 0 unspecified atom stereocenters. The van der Waals surface area contributed by atoms with E-state index < -0.39 is 0 Å². The number of H-pyrrole nitrogens is 1. The second-order valence-corrected chi connectivity index (χ2v) is 6.62. The fourth-order valence-corrected chi connectivity index (χ4v) is 3.21. The van der Waals surface area contributed by atoms with Gasteiger partial charge in [0.1, 0.15) is 17.8 Å². The van der Waals surface area contributed by atoms with Crippen molar-refractivity contribution in [1.29, 1.82) is 0 Å². The molecule has 0 atom stereocenters. The highest BCUT2D eigenvalue weighted by Crippen LogP contribution is 2.27. The lowest BCUT2D eigenvalue weighted by Gasteiger charge is -2.07. The van der Waals surface area contributed by atoms with E-state index in [0.29, 0.717) is 12.4 Å². The number of aromatic nitrogens is 3. The van der Waals surface area contributed by atoms with Gasteiger partial charge >= 0.3 is 0 Å². The van der Waals surface area contributed by atoms with E-state index in [-0.39, 0.29) is 0 Å². The van der Waals surface area contributed by atoms with E-state index in [0.717, 1.165) is 44.3 Å². The van der Waals surface area contributed by atoms with Crippen LogP contribution in [-0.4, -0.2) is 15.0 Å². The molecule has 0 saturated heterocycles. The average Bonchev–Trinajstić information content (AvgIpc) is 3.12. The molecule has 0 aliphatic carbocycles. The van der Waals surface area contributed by atoms with Crippen molar-refractivity contribution in [2.45, 2.75) is 12.4 Å². The molecule has 4 aromatic rings. The Hall–Kier alpha value is -2.56. The number of nitrogens with one attached hydrogen (secondary N) is 2. The van der Waals surface area contributed by atoms with Gasteiger partial charge in [-0.15, -0.1) is 11.6 Å². The molecule has 2 aromatic heterocycles. The second-order valence-electron chi connectivity index (χ2n) is 5.94. The first-order chi connectivity index (χ1) is 12.7. The lowest BCUT2D eigenvalue weighted by Crippen LogP contribution is -2.02. The summed E-state index contributed by atoms with van der Waals surface area (Å²) < 4.78 is 0. The Morgan fingerprint density at radius 3 is 2.58 bits per heavy atom. The van der Waals surface area contributed by atoms with Gasteiger partial charge in [0.15, 0.2) is 0 Å². The molecule has 0 bridgehead atoms. The minimum Gasteiger partial charge on any atom is -0.365 e. The van der Waals surface area contributed by atoms with Crippen LogP contribution in [0.5, 0.6) is 0 Å². The van der Waals surface area contributed by atoms with Crippen LogP contribution >= 0.6 is 23.2 Å². The molecule has 26 heavy (non-hydrogen) atoms. The first-order valence-corrected chi connectivity index (χ1v) is 9.12. The number of aromatic amines is 1. The number of hydrogen-bond donors (Lipinski definition) is 2. The van der Waals surface area contributed by atoms with Crippen molar-refractivity contribution >= 4 is 40.1 Å². The van der Waals surface area contributed by atoms with Gasteiger partial charge in [0.2, 0.25) is 0 Å². The summed E-state index contributed by atoms with van der Waals surface area (Å²) >= 11 is 12.1. The van der Waals surface area contributed by atoms with Gasteiger partial charge in [-0.3, -0.25) is 0 Å². The van der Waals surface area contributed by atoms with E-state index in [1.165, 1.54) is 0 Å². The monoisotopic (exact) mass is 382 g/mol. The molecule has 4 rings (SSSR count). The van der Waals surface area contributed by atoms with Crippen LogP contribution < -0.4 is 5.32 Å². The van der Waals surface area contributed by atoms with Crippen molar-refractivity contribution < 1.29 is 0 Å². The van der Waals surface area contributed by atoms with Crippen LogP contribution in [0.3, 0.4) is 0 Å². The Kier molecular flexibility index (Phi) is 4.78. The van der Waals surface area contributed by atoms with Gasteiger partial charge in [-0.1, -0.05) is 54.1 Å². The molecule has 2 aromatic carbocycles.